The zero-order valence-electron chi connectivity index (χ0n) is 17.4. The van der Waals surface area contributed by atoms with Gasteiger partial charge in [0, 0.05) is 32.7 Å². The maximum atomic E-state index is 12.7. The minimum atomic E-state index is -0.469. The van der Waals surface area contributed by atoms with Crippen molar-refractivity contribution in [3.63, 3.8) is 0 Å². The molecule has 158 valence electrons. The second-order valence-electron chi connectivity index (χ2n) is 7.89. The van der Waals surface area contributed by atoms with Crippen LogP contribution in [0.4, 0.5) is 0 Å². The highest BCUT2D eigenvalue weighted by molar-refractivity contribution is 5.81. The lowest BCUT2D eigenvalue weighted by Gasteiger charge is -2.34. The molecule has 0 aliphatic carbocycles. The molecule has 8 heteroatoms. The Kier molecular flexibility index (Phi) is 6.87. The van der Waals surface area contributed by atoms with Gasteiger partial charge in [0.05, 0.1) is 23.6 Å². The van der Waals surface area contributed by atoms with Crippen LogP contribution in [0.1, 0.15) is 20.8 Å². The fourth-order valence-corrected chi connectivity index (χ4v) is 3.82. The topological polar surface area (TPSA) is 85.6 Å². The summed E-state index contributed by atoms with van der Waals surface area (Å²) in [6, 6.07) is 6.88. The van der Waals surface area contributed by atoms with Gasteiger partial charge in [-0.15, -0.1) is 0 Å². The Balaban J connectivity index is 1.71. The summed E-state index contributed by atoms with van der Waals surface area (Å²) in [6.07, 6.45) is -0.0653. The Bertz CT molecular complexity index is 979. The molecule has 1 saturated heterocycles. The summed E-state index contributed by atoms with van der Waals surface area (Å²) in [5.74, 6) is 0.306. The number of morpholine rings is 1. The third-order valence-electron chi connectivity index (χ3n) is 5.12. The van der Waals surface area contributed by atoms with Crippen molar-refractivity contribution in [1.29, 1.82) is 0 Å². The average Bonchev–Trinajstić information content (AvgIpc) is 2.70. The van der Waals surface area contributed by atoms with Gasteiger partial charge < -0.3 is 10.1 Å². The van der Waals surface area contributed by atoms with Crippen LogP contribution in [0.25, 0.3) is 10.9 Å². The van der Waals surface area contributed by atoms with Crippen molar-refractivity contribution in [2.75, 3.05) is 32.8 Å². The molecular weight excluding hydrogens is 372 g/mol. The number of nitrogens with one attached hydrogen (secondary N) is 1. The minimum Gasteiger partial charge on any atom is -0.374 e. The first-order valence-electron chi connectivity index (χ1n) is 10.2. The van der Waals surface area contributed by atoms with Gasteiger partial charge in [-0.2, -0.15) is 0 Å². The highest BCUT2D eigenvalue weighted by Gasteiger charge is 2.22. The number of hydrogen-bond acceptors (Lipinski definition) is 5. The molecule has 1 unspecified atom stereocenters. The van der Waals surface area contributed by atoms with E-state index in [4.69, 9.17) is 4.74 Å². The number of para-hydroxylation sites is 1. The van der Waals surface area contributed by atoms with Crippen molar-refractivity contribution >= 4 is 16.8 Å². The average molecular weight is 402 g/mol. The molecule has 1 N–H and O–H groups in total. The van der Waals surface area contributed by atoms with Crippen molar-refractivity contribution in [2.24, 2.45) is 5.92 Å². The van der Waals surface area contributed by atoms with E-state index in [1.165, 1.54) is 4.57 Å². The number of benzene rings is 1. The SMILES string of the molecule is CCn1c(=O)c2ccccc2n(CC(=O)NCC2CN(CC(C)C)CCO2)c1=O. The van der Waals surface area contributed by atoms with Crippen molar-refractivity contribution < 1.29 is 9.53 Å². The van der Waals surface area contributed by atoms with Crippen LogP contribution in [-0.2, 0) is 22.6 Å². The highest BCUT2D eigenvalue weighted by atomic mass is 16.5. The van der Waals surface area contributed by atoms with Gasteiger partial charge in [-0.3, -0.25) is 23.6 Å². The van der Waals surface area contributed by atoms with Crippen LogP contribution < -0.4 is 16.6 Å². The monoisotopic (exact) mass is 402 g/mol. The lowest BCUT2D eigenvalue weighted by molar-refractivity contribution is -0.122. The molecule has 0 saturated carbocycles. The highest BCUT2D eigenvalue weighted by Crippen LogP contribution is 2.09. The van der Waals surface area contributed by atoms with Crippen molar-refractivity contribution in [3.05, 3.63) is 45.1 Å². The second kappa shape index (κ2) is 9.37. The van der Waals surface area contributed by atoms with Gasteiger partial charge in [-0.25, -0.2) is 4.79 Å². The van der Waals surface area contributed by atoms with E-state index in [2.05, 4.69) is 24.1 Å². The summed E-state index contributed by atoms with van der Waals surface area (Å²) in [7, 11) is 0. The lowest BCUT2D eigenvalue weighted by Crippen LogP contribution is -2.49. The van der Waals surface area contributed by atoms with E-state index in [1.807, 2.05) is 0 Å². The van der Waals surface area contributed by atoms with Crippen LogP contribution in [0.2, 0.25) is 0 Å². The lowest BCUT2D eigenvalue weighted by atomic mass is 10.2. The fourth-order valence-electron chi connectivity index (χ4n) is 3.82. The molecule has 0 spiro atoms. The smallest absolute Gasteiger partial charge is 0.331 e. The first-order chi connectivity index (χ1) is 13.9. The molecule has 1 aliphatic rings. The van der Waals surface area contributed by atoms with Gasteiger partial charge >= 0.3 is 5.69 Å². The second-order valence-corrected chi connectivity index (χ2v) is 7.89. The largest absolute Gasteiger partial charge is 0.374 e. The maximum Gasteiger partial charge on any atom is 0.331 e. The van der Waals surface area contributed by atoms with Gasteiger partial charge in [-0.1, -0.05) is 26.0 Å². The number of carbonyl (C=O) groups is 1. The Morgan fingerprint density at radius 2 is 2.00 bits per heavy atom. The number of aromatic nitrogens is 2. The predicted molar refractivity (Wildman–Crippen MR) is 112 cm³/mol. The molecule has 1 aromatic heterocycles. The van der Waals surface area contributed by atoms with Crippen molar-refractivity contribution in [1.82, 2.24) is 19.4 Å². The van der Waals surface area contributed by atoms with Crippen LogP contribution >= 0.6 is 0 Å². The molecule has 2 aromatic rings. The van der Waals surface area contributed by atoms with E-state index in [9.17, 15) is 14.4 Å². The van der Waals surface area contributed by atoms with E-state index in [0.29, 0.717) is 30.0 Å². The van der Waals surface area contributed by atoms with Gasteiger partial charge in [-0.05, 0) is 25.0 Å². The summed E-state index contributed by atoms with van der Waals surface area (Å²) < 4.78 is 8.29. The van der Waals surface area contributed by atoms with Crippen LogP contribution in [0.15, 0.2) is 33.9 Å². The molecule has 0 bridgehead atoms. The van der Waals surface area contributed by atoms with Crippen molar-refractivity contribution in [3.8, 4) is 0 Å². The molecular formula is C21H30N4O4. The molecule has 29 heavy (non-hydrogen) atoms. The predicted octanol–water partition coefficient (Wildman–Crippen LogP) is 0.656. The third-order valence-corrected chi connectivity index (χ3v) is 5.12. The molecule has 1 atom stereocenters. The molecule has 0 radical (unpaired) electrons. The van der Waals surface area contributed by atoms with E-state index >= 15 is 0 Å². The van der Waals surface area contributed by atoms with Gasteiger partial charge in [0.15, 0.2) is 0 Å². The number of carbonyl (C=O) groups excluding carboxylic acids is 1. The number of amides is 1. The summed E-state index contributed by atoms with van der Waals surface area (Å²) in [4.78, 5) is 40.1. The first-order valence-corrected chi connectivity index (χ1v) is 10.2. The molecule has 1 aliphatic heterocycles. The van der Waals surface area contributed by atoms with Crippen LogP contribution in [0, 0.1) is 5.92 Å². The Morgan fingerprint density at radius 1 is 1.24 bits per heavy atom. The number of ether oxygens (including phenoxy) is 1. The van der Waals surface area contributed by atoms with E-state index in [1.54, 1.807) is 31.2 Å². The van der Waals surface area contributed by atoms with Crippen LogP contribution in [0.5, 0.6) is 0 Å². The number of nitrogens with zero attached hydrogens (tertiary/aromatic N) is 3. The molecule has 3 rings (SSSR count). The number of fused-ring (bicyclic) bond motifs is 1. The van der Waals surface area contributed by atoms with Crippen LogP contribution in [0.3, 0.4) is 0 Å². The Morgan fingerprint density at radius 3 is 2.72 bits per heavy atom. The summed E-state index contributed by atoms with van der Waals surface area (Å²) in [6.45, 7) is 9.97. The third kappa shape index (κ3) is 4.94. The van der Waals surface area contributed by atoms with E-state index in [0.717, 1.165) is 24.2 Å². The normalized spacial score (nSPS) is 17.7. The Hall–Kier alpha value is -2.45. The van der Waals surface area contributed by atoms with Gasteiger partial charge in [0.1, 0.15) is 6.54 Å². The number of hydrogen-bond donors (Lipinski definition) is 1. The zero-order valence-corrected chi connectivity index (χ0v) is 17.4. The molecule has 8 nitrogen and oxygen atoms in total. The molecule has 1 fully saturated rings. The van der Waals surface area contributed by atoms with Crippen LogP contribution in [-0.4, -0.2) is 58.8 Å². The summed E-state index contributed by atoms with van der Waals surface area (Å²) in [5, 5.41) is 3.31. The fraction of sp³-hybridized carbons (Fsp3) is 0.571. The summed E-state index contributed by atoms with van der Waals surface area (Å²) in [5.41, 5.74) is -0.326. The van der Waals surface area contributed by atoms with E-state index in [-0.39, 0.29) is 30.7 Å². The van der Waals surface area contributed by atoms with Crippen molar-refractivity contribution in [2.45, 2.75) is 40.0 Å². The zero-order chi connectivity index (χ0) is 21.0. The Labute approximate surface area is 170 Å². The molecule has 1 aromatic carbocycles. The quantitative estimate of drug-likeness (QED) is 0.735. The van der Waals surface area contributed by atoms with Gasteiger partial charge in [0.2, 0.25) is 5.91 Å². The standard InChI is InChI=1S/C21H30N4O4/c1-4-24-20(27)17-7-5-6-8-18(17)25(21(24)28)14-19(26)22-11-16-13-23(9-10-29-16)12-15(2)3/h5-8,15-16H,4,9-14H2,1-3H3,(H,22,26). The minimum absolute atomic E-state index is 0.0653. The summed E-state index contributed by atoms with van der Waals surface area (Å²) >= 11 is 0. The van der Waals surface area contributed by atoms with Gasteiger partial charge in [0.25, 0.3) is 5.56 Å². The molecule has 1 amide bonds. The van der Waals surface area contributed by atoms with E-state index < -0.39 is 5.69 Å². The first kappa shape index (κ1) is 21.3. The maximum absolute atomic E-state index is 12.7. The molecule has 2 heterocycles. The number of rotatable bonds is 7.